The van der Waals surface area contributed by atoms with E-state index < -0.39 is 0 Å². The molecule has 2 heterocycles. The van der Waals surface area contributed by atoms with Crippen LogP contribution in [0.15, 0.2) is 24.4 Å². The van der Waals surface area contributed by atoms with Crippen molar-refractivity contribution in [2.75, 3.05) is 20.1 Å². The Labute approximate surface area is 146 Å². The van der Waals surface area contributed by atoms with Crippen molar-refractivity contribution < 1.29 is 4.39 Å². The minimum absolute atomic E-state index is 0. The van der Waals surface area contributed by atoms with Crippen molar-refractivity contribution in [2.45, 2.75) is 25.4 Å². The summed E-state index contributed by atoms with van der Waals surface area (Å²) in [6, 6.07) is 4.79. The number of hydrogen-bond donors (Lipinski definition) is 1. The van der Waals surface area contributed by atoms with E-state index in [1.54, 1.807) is 10.7 Å². The molecule has 0 saturated carbocycles. The van der Waals surface area contributed by atoms with Crippen LogP contribution in [-0.4, -0.2) is 46.1 Å². The Morgan fingerprint density at radius 2 is 2.26 bits per heavy atom. The zero-order chi connectivity index (χ0) is 15.5. The first kappa shape index (κ1) is 18.1. The average Bonchev–Trinajstić information content (AvgIpc) is 2.95. The maximum Gasteiger partial charge on any atom is 0.124 e. The van der Waals surface area contributed by atoms with E-state index in [-0.39, 0.29) is 18.2 Å². The molecule has 0 spiro atoms. The van der Waals surface area contributed by atoms with Crippen molar-refractivity contribution in [3.63, 3.8) is 0 Å². The number of likely N-dealkylation sites (tertiary alicyclic amines) is 1. The highest BCUT2D eigenvalue weighted by molar-refractivity contribution is 6.32. The smallest absolute Gasteiger partial charge is 0.124 e. The Bertz CT molecular complexity index is 649. The second kappa shape index (κ2) is 8.06. The largest absolute Gasteiger partial charge is 0.316 e. The zero-order valence-corrected chi connectivity index (χ0v) is 14.4. The van der Waals surface area contributed by atoms with Crippen LogP contribution in [0.4, 0.5) is 4.39 Å². The van der Waals surface area contributed by atoms with E-state index >= 15 is 0 Å². The molecule has 0 bridgehead atoms. The van der Waals surface area contributed by atoms with Crippen molar-refractivity contribution in [1.82, 2.24) is 25.2 Å². The van der Waals surface area contributed by atoms with Crippen LogP contribution in [0.25, 0.3) is 5.69 Å². The molecule has 1 aliphatic heterocycles. The molecule has 8 heteroatoms. The molecule has 1 aromatic carbocycles. The van der Waals surface area contributed by atoms with Crippen LogP contribution in [0.1, 0.15) is 18.5 Å². The molecule has 23 heavy (non-hydrogen) atoms. The number of aromatic nitrogens is 3. The topological polar surface area (TPSA) is 46.0 Å². The van der Waals surface area contributed by atoms with Crippen LogP contribution in [0.5, 0.6) is 0 Å². The van der Waals surface area contributed by atoms with Gasteiger partial charge in [0.25, 0.3) is 0 Å². The number of halogens is 3. The molecule has 1 aromatic heterocycles. The van der Waals surface area contributed by atoms with Crippen LogP contribution < -0.4 is 5.32 Å². The van der Waals surface area contributed by atoms with Crippen molar-refractivity contribution >= 4 is 24.0 Å². The number of nitrogens with zero attached hydrogens (tertiary/aromatic N) is 4. The monoisotopic (exact) mass is 359 g/mol. The Hall–Kier alpha value is -1.21. The fourth-order valence-electron chi connectivity index (χ4n) is 2.82. The number of piperidine rings is 1. The summed E-state index contributed by atoms with van der Waals surface area (Å²) < 4.78 is 14.7. The quantitative estimate of drug-likeness (QED) is 0.911. The molecule has 0 radical (unpaired) electrons. The number of rotatable bonds is 4. The number of likely N-dealkylation sites (N-methyl/N-ethyl adjacent to an activating group) is 1. The molecule has 0 aliphatic carbocycles. The molecular weight excluding hydrogens is 340 g/mol. The van der Waals surface area contributed by atoms with Crippen LogP contribution in [0.2, 0.25) is 5.02 Å². The molecule has 2 aromatic rings. The number of hydrogen-bond acceptors (Lipinski definition) is 4. The summed E-state index contributed by atoms with van der Waals surface area (Å²) in [5.74, 6) is -0.361. The minimum atomic E-state index is -0.361. The molecule has 5 nitrogen and oxygen atoms in total. The molecule has 1 fully saturated rings. The third kappa shape index (κ3) is 4.41. The molecule has 1 N–H and O–H groups in total. The summed E-state index contributed by atoms with van der Waals surface area (Å²) >= 11 is 6.06. The van der Waals surface area contributed by atoms with Gasteiger partial charge in [0, 0.05) is 19.1 Å². The Morgan fingerprint density at radius 1 is 1.43 bits per heavy atom. The lowest BCUT2D eigenvalue weighted by Gasteiger charge is -2.31. The van der Waals surface area contributed by atoms with Gasteiger partial charge in [-0.2, -0.15) is 0 Å². The highest BCUT2D eigenvalue weighted by Gasteiger charge is 2.19. The minimum Gasteiger partial charge on any atom is -0.316 e. The van der Waals surface area contributed by atoms with Crippen LogP contribution in [0.3, 0.4) is 0 Å². The molecule has 1 saturated heterocycles. The molecule has 1 unspecified atom stereocenters. The standard InChI is InChI=1S/C15H19ClFN5.ClH/c1-18-12-3-2-6-21(8-12)9-13-10-22(20-19-13)15-5-4-11(17)7-14(15)16;/h4-5,7,10,12,18H,2-3,6,8-9H2,1H3;1H. The van der Waals surface area contributed by atoms with Gasteiger partial charge in [-0.3, -0.25) is 4.90 Å². The third-order valence-corrected chi connectivity index (χ3v) is 4.30. The van der Waals surface area contributed by atoms with Gasteiger partial charge in [0.2, 0.25) is 0 Å². The Balaban J connectivity index is 0.00000192. The summed E-state index contributed by atoms with van der Waals surface area (Å²) in [5.41, 5.74) is 1.52. The third-order valence-electron chi connectivity index (χ3n) is 4.00. The first-order valence-electron chi connectivity index (χ1n) is 7.42. The van der Waals surface area contributed by atoms with Gasteiger partial charge in [0.1, 0.15) is 5.82 Å². The fourth-order valence-corrected chi connectivity index (χ4v) is 3.07. The van der Waals surface area contributed by atoms with E-state index in [0.717, 1.165) is 25.3 Å². The van der Waals surface area contributed by atoms with Crippen LogP contribution in [-0.2, 0) is 6.54 Å². The molecule has 1 atom stereocenters. The lowest BCUT2D eigenvalue weighted by molar-refractivity contribution is 0.186. The molecule has 0 amide bonds. The van der Waals surface area contributed by atoms with Crippen LogP contribution in [0, 0.1) is 5.82 Å². The second-order valence-corrected chi connectivity index (χ2v) is 6.02. The SMILES string of the molecule is CNC1CCCN(Cc2cn(-c3ccc(F)cc3Cl)nn2)C1.Cl. The van der Waals surface area contributed by atoms with E-state index in [0.29, 0.717) is 16.8 Å². The van der Waals surface area contributed by atoms with Gasteiger partial charge in [-0.1, -0.05) is 16.8 Å². The van der Waals surface area contributed by atoms with Crippen molar-refractivity contribution in [3.05, 3.63) is 40.9 Å². The van der Waals surface area contributed by atoms with Gasteiger partial charge >= 0.3 is 0 Å². The molecule has 126 valence electrons. The van der Waals surface area contributed by atoms with E-state index in [2.05, 4.69) is 20.5 Å². The highest BCUT2D eigenvalue weighted by atomic mass is 35.5. The highest BCUT2D eigenvalue weighted by Crippen LogP contribution is 2.21. The normalized spacial score (nSPS) is 18.7. The number of benzene rings is 1. The fraction of sp³-hybridized carbons (Fsp3) is 0.467. The number of nitrogens with one attached hydrogen (secondary N) is 1. The summed E-state index contributed by atoms with van der Waals surface area (Å²) in [6.45, 7) is 2.85. The summed E-state index contributed by atoms with van der Waals surface area (Å²) in [6.07, 6.45) is 4.25. The van der Waals surface area contributed by atoms with Crippen molar-refractivity contribution in [2.24, 2.45) is 0 Å². The maximum absolute atomic E-state index is 13.1. The predicted octanol–water partition coefficient (Wildman–Crippen LogP) is 2.67. The lowest BCUT2D eigenvalue weighted by Crippen LogP contribution is -2.43. The molecule has 1 aliphatic rings. The first-order chi connectivity index (χ1) is 10.7. The second-order valence-electron chi connectivity index (χ2n) is 5.61. The average molecular weight is 360 g/mol. The first-order valence-corrected chi connectivity index (χ1v) is 7.80. The summed E-state index contributed by atoms with van der Waals surface area (Å²) in [5, 5.41) is 12.0. The van der Waals surface area contributed by atoms with E-state index in [1.165, 1.54) is 25.0 Å². The van der Waals surface area contributed by atoms with E-state index in [9.17, 15) is 4.39 Å². The van der Waals surface area contributed by atoms with Crippen molar-refractivity contribution in [3.8, 4) is 5.69 Å². The lowest BCUT2D eigenvalue weighted by atomic mass is 10.1. The Kier molecular flexibility index (Phi) is 6.35. The summed E-state index contributed by atoms with van der Waals surface area (Å²) in [7, 11) is 2.00. The molecule has 3 rings (SSSR count). The summed E-state index contributed by atoms with van der Waals surface area (Å²) in [4.78, 5) is 2.37. The van der Waals surface area contributed by atoms with Gasteiger partial charge in [-0.15, -0.1) is 17.5 Å². The van der Waals surface area contributed by atoms with Gasteiger partial charge in [0.15, 0.2) is 0 Å². The van der Waals surface area contributed by atoms with Gasteiger partial charge in [-0.25, -0.2) is 9.07 Å². The van der Waals surface area contributed by atoms with Crippen molar-refractivity contribution in [1.29, 1.82) is 0 Å². The maximum atomic E-state index is 13.1. The van der Waals surface area contributed by atoms with E-state index in [1.807, 2.05) is 13.2 Å². The van der Waals surface area contributed by atoms with Gasteiger partial charge in [0.05, 0.1) is 22.6 Å². The zero-order valence-electron chi connectivity index (χ0n) is 12.9. The predicted molar refractivity (Wildman–Crippen MR) is 90.9 cm³/mol. The Morgan fingerprint density at radius 3 is 3.00 bits per heavy atom. The van der Waals surface area contributed by atoms with Gasteiger partial charge < -0.3 is 5.32 Å². The van der Waals surface area contributed by atoms with Crippen LogP contribution >= 0.6 is 24.0 Å². The molecular formula is C15H20Cl2FN5. The van der Waals surface area contributed by atoms with Gasteiger partial charge in [-0.05, 0) is 44.6 Å². The van der Waals surface area contributed by atoms with E-state index in [4.69, 9.17) is 11.6 Å².